The molecule has 51 heavy (non-hydrogen) atoms. The second kappa shape index (κ2) is 14.5. The molecule has 3 nitrogen and oxygen atoms in total. The van der Waals surface area contributed by atoms with Gasteiger partial charge in [0.05, 0.1) is 9.79 Å². The molecular weight excluding hydrogens is 662 g/mol. The minimum Gasteiger partial charge on any atom is -0.425 e. The van der Waals surface area contributed by atoms with Gasteiger partial charge in [-0.1, -0.05) is 162 Å². The number of hydrogen-bond donors (Lipinski definition) is 0. The van der Waals surface area contributed by atoms with Gasteiger partial charge in [-0.25, -0.2) is 4.67 Å². The largest absolute Gasteiger partial charge is 0.425 e. The zero-order chi connectivity index (χ0) is 39.6. The third kappa shape index (κ3) is 11.9. The van der Waals surface area contributed by atoms with Crippen LogP contribution in [0, 0.1) is 21.7 Å². The Morgan fingerprint density at radius 2 is 0.725 bits per heavy atom. The van der Waals surface area contributed by atoms with E-state index in [1.54, 1.807) is 0 Å². The van der Waals surface area contributed by atoms with Gasteiger partial charge in [0.2, 0.25) is 0 Å². The Morgan fingerprint density at radius 3 is 0.980 bits per heavy atom. The van der Waals surface area contributed by atoms with Crippen molar-refractivity contribution in [3.63, 3.8) is 0 Å². The summed E-state index contributed by atoms with van der Waals surface area (Å²) in [5.74, 6) is 1.98. The summed E-state index contributed by atoms with van der Waals surface area (Å²) in [5, 5.41) is 0. The summed E-state index contributed by atoms with van der Waals surface area (Å²) < 4.78 is 16.6. The molecule has 5 heteroatoms. The topological polar surface area (TPSA) is 21.7 Å². The van der Waals surface area contributed by atoms with Crippen molar-refractivity contribution < 1.29 is 9.05 Å². The van der Waals surface area contributed by atoms with Crippen LogP contribution in [-0.4, -0.2) is 18.8 Å². The molecular formula is C46H78NO2PS. The Hall–Kier alpha value is -1.22. The predicted molar refractivity (Wildman–Crippen MR) is 227 cm³/mol. The smallest absolute Gasteiger partial charge is 0.384 e. The first-order chi connectivity index (χ1) is 22.5. The van der Waals surface area contributed by atoms with E-state index in [0.717, 1.165) is 37.2 Å². The third-order valence-corrected chi connectivity index (χ3v) is 12.3. The number of benzene rings is 2. The lowest BCUT2D eigenvalue weighted by atomic mass is 9.68. The van der Waals surface area contributed by atoms with Gasteiger partial charge < -0.3 is 9.05 Å². The Labute approximate surface area is 322 Å². The van der Waals surface area contributed by atoms with Crippen molar-refractivity contribution in [3.05, 3.63) is 46.5 Å². The summed E-state index contributed by atoms with van der Waals surface area (Å²) in [5.41, 5.74) is 5.76. The fourth-order valence-electron chi connectivity index (χ4n) is 9.49. The van der Waals surface area contributed by atoms with Gasteiger partial charge in [-0.2, -0.15) is 0 Å². The van der Waals surface area contributed by atoms with E-state index in [-0.39, 0.29) is 43.3 Å². The molecule has 0 atom stereocenters. The van der Waals surface area contributed by atoms with Crippen LogP contribution in [0.5, 0.6) is 11.5 Å². The van der Waals surface area contributed by atoms with E-state index in [1.165, 1.54) is 32.0 Å². The van der Waals surface area contributed by atoms with E-state index in [4.69, 9.17) is 9.05 Å². The molecule has 1 heterocycles. The van der Waals surface area contributed by atoms with Gasteiger partial charge >= 0.3 is 8.53 Å². The molecule has 0 radical (unpaired) electrons. The summed E-state index contributed by atoms with van der Waals surface area (Å²) in [4.78, 5) is 2.41. The Balaban J connectivity index is 2.53. The zero-order valence-electron chi connectivity index (χ0n) is 37.3. The van der Waals surface area contributed by atoms with Gasteiger partial charge in [-0.05, 0) is 106 Å². The molecule has 2 aromatic carbocycles. The molecule has 0 aromatic heterocycles. The maximum absolute atomic E-state index is 7.24. The van der Waals surface area contributed by atoms with Crippen LogP contribution < -0.4 is 9.05 Å². The molecule has 290 valence electrons. The summed E-state index contributed by atoms with van der Waals surface area (Å²) in [6.45, 7) is 47.7. The highest BCUT2D eigenvalue weighted by Crippen LogP contribution is 2.59. The van der Waals surface area contributed by atoms with Gasteiger partial charge in [-0.15, -0.1) is 0 Å². The van der Waals surface area contributed by atoms with Crippen molar-refractivity contribution in [3.8, 4) is 11.5 Å². The van der Waals surface area contributed by atoms with Gasteiger partial charge in [-0.3, -0.25) is 0 Å². The molecule has 0 aliphatic carbocycles. The van der Waals surface area contributed by atoms with Crippen molar-refractivity contribution in [2.75, 3.05) is 14.1 Å². The molecule has 0 amide bonds. The highest BCUT2D eigenvalue weighted by molar-refractivity contribution is 7.99. The van der Waals surface area contributed by atoms with Gasteiger partial charge in [0.25, 0.3) is 0 Å². The quantitative estimate of drug-likeness (QED) is 0.239. The van der Waals surface area contributed by atoms with Crippen LogP contribution in [0.4, 0.5) is 0 Å². The number of nitrogens with zero attached hydrogens (tertiary/aromatic N) is 1. The minimum atomic E-state index is -1.44. The third-order valence-electron chi connectivity index (χ3n) is 9.91. The van der Waals surface area contributed by atoms with E-state index in [0.29, 0.717) is 0 Å². The lowest BCUT2D eigenvalue weighted by Crippen LogP contribution is -2.30. The number of hydrogen-bond acceptors (Lipinski definition) is 4. The predicted octanol–water partition coefficient (Wildman–Crippen LogP) is 15.3. The van der Waals surface area contributed by atoms with E-state index < -0.39 is 8.53 Å². The van der Waals surface area contributed by atoms with Crippen molar-refractivity contribution in [2.45, 2.75) is 196 Å². The van der Waals surface area contributed by atoms with Gasteiger partial charge in [0.1, 0.15) is 11.5 Å². The van der Waals surface area contributed by atoms with Crippen LogP contribution in [0.2, 0.25) is 0 Å². The molecule has 0 bridgehead atoms. The second-order valence-electron chi connectivity index (χ2n) is 23.6. The van der Waals surface area contributed by atoms with E-state index in [2.05, 4.69) is 182 Å². The number of fused-ring (bicyclic) bond motifs is 2. The highest BCUT2D eigenvalue weighted by Gasteiger charge is 2.41. The molecule has 3 rings (SSSR count). The van der Waals surface area contributed by atoms with Gasteiger partial charge in [0.15, 0.2) is 0 Å². The maximum atomic E-state index is 7.24. The lowest BCUT2D eigenvalue weighted by molar-refractivity contribution is 0.273. The molecule has 0 N–H and O–H groups in total. The van der Waals surface area contributed by atoms with E-state index >= 15 is 0 Å². The average molecular weight is 740 g/mol. The summed E-state index contributed by atoms with van der Waals surface area (Å²) >= 11 is 1.87. The van der Waals surface area contributed by atoms with Crippen molar-refractivity contribution in [1.29, 1.82) is 0 Å². The normalized spacial score (nSPS) is 15.9. The monoisotopic (exact) mass is 740 g/mol. The fraction of sp³-hybridized carbons (Fsp3) is 0.739. The van der Waals surface area contributed by atoms with Crippen LogP contribution in [0.15, 0.2) is 34.1 Å². The summed E-state index contributed by atoms with van der Waals surface area (Å²) in [6, 6.07) is 9.91. The molecule has 1 aliphatic heterocycles. The van der Waals surface area contributed by atoms with Crippen molar-refractivity contribution >= 4 is 20.3 Å². The van der Waals surface area contributed by atoms with Crippen LogP contribution in [0.25, 0.3) is 0 Å². The summed E-state index contributed by atoms with van der Waals surface area (Å²) in [6.07, 6.45) is 4.25. The molecule has 0 unspecified atom stereocenters. The van der Waals surface area contributed by atoms with E-state index in [1.807, 2.05) is 11.8 Å². The van der Waals surface area contributed by atoms with Crippen LogP contribution in [0.1, 0.15) is 186 Å². The zero-order valence-corrected chi connectivity index (χ0v) is 39.0. The Morgan fingerprint density at radius 1 is 0.451 bits per heavy atom. The van der Waals surface area contributed by atoms with Crippen LogP contribution >= 0.6 is 20.3 Å². The second-order valence-corrected chi connectivity index (χ2v) is 26.3. The Bertz CT molecular complexity index is 1430. The number of rotatable bonds is 9. The maximum Gasteiger partial charge on any atom is 0.384 e. The standard InChI is InChI=1S/C46H78NO2PS/c1-39(2,3)27-43(13,14)31-23-33(45(17,18)29-41(7,8)9)37-35(25-31)51-36-26-32(44(15,16)28-40(4,5)6)24-34(46(19,20)30-42(10,11)12)38(36)49-50(48-37)47(21)22/h23-26H,27-30H2,1-22H3. The molecule has 0 spiro atoms. The lowest BCUT2D eigenvalue weighted by Gasteiger charge is -2.40. The minimum absolute atomic E-state index is 0.0230. The van der Waals surface area contributed by atoms with Crippen molar-refractivity contribution in [1.82, 2.24) is 4.67 Å². The first kappa shape index (κ1) is 44.2. The first-order valence-electron chi connectivity index (χ1n) is 19.4. The van der Waals surface area contributed by atoms with Crippen LogP contribution in [0.3, 0.4) is 0 Å². The van der Waals surface area contributed by atoms with Crippen LogP contribution in [-0.2, 0) is 21.7 Å². The van der Waals surface area contributed by atoms with E-state index in [9.17, 15) is 0 Å². The SMILES string of the molecule is CN(C)P1Oc2c(cc(C(C)(C)CC(C)(C)C)cc2C(C)(C)CC(C)(C)C)Sc2cc(C(C)(C)CC(C)(C)C)cc(C(C)(C)CC(C)(C)C)c2O1. The molecule has 0 saturated carbocycles. The highest BCUT2D eigenvalue weighted by atomic mass is 32.2. The average Bonchev–Trinajstić information content (AvgIpc) is 2.81. The molecule has 1 aliphatic rings. The fourth-order valence-corrected chi connectivity index (χ4v) is 11.8. The molecule has 2 aromatic rings. The van der Waals surface area contributed by atoms with Gasteiger partial charge in [0, 0.05) is 11.1 Å². The first-order valence-corrected chi connectivity index (χ1v) is 21.4. The molecule has 0 fully saturated rings. The van der Waals surface area contributed by atoms with Crippen molar-refractivity contribution in [2.24, 2.45) is 21.7 Å². The molecule has 0 saturated heterocycles. The Kier molecular flexibility index (Phi) is 12.5. The summed E-state index contributed by atoms with van der Waals surface area (Å²) in [7, 11) is 2.76.